The molecule has 0 aliphatic carbocycles. The summed E-state index contributed by atoms with van der Waals surface area (Å²) in [6.07, 6.45) is -0.624. The van der Waals surface area contributed by atoms with Gasteiger partial charge in [0.25, 0.3) is 0 Å². The van der Waals surface area contributed by atoms with Gasteiger partial charge in [0.2, 0.25) is 0 Å². The Morgan fingerprint density at radius 2 is 1.70 bits per heavy atom. The van der Waals surface area contributed by atoms with Crippen LogP contribution in [0, 0.1) is 0 Å². The van der Waals surface area contributed by atoms with Crippen LogP contribution in [0.25, 0.3) is 0 Å². The summed E-state index contributed by atoms with van der Waals surface area (Å²) in [6.45, 7) is 13.6. The molecule has 1 rings (SSSR count). The van der Waals surface area contributed by atoms with Crippen LogP contribution >= 0.6 is 0 Å². The molecule has 0 heterocycles. The molecule has 0 saturated heterocycles. The van der Waals surface area contributed by atoms with E-state index < -0.39 is 6.10 Å². The third kappa shape index (κ3) is 4.22. The van der Waals surface area contributed by atoms with Gasteiger partial charge < -0.3 is 15.6 Å². The van der Waals surface area contributed by atoms with Crippen LogP contribution in [0.2, 0.25) is 0 Å². The second-order valence-corrected chi connectivity index (χ2v) is 7.38. The molecule has 1 unspecified atom stereocenters. The molecule has 0 saturated carbocycles. The van der Waals surface area contributed by atoms with Gasteiger partial charge in [-0.2, -0.15) is 0 Å². The van der Waals surface area contributed by atoms with Crippen molar-refractivity contribution >= 4 is 0 Å². The first kappa shape index (κ1) is 17.0. The van der Waals surface area contributed by atoms with E-state index in [4.69, 9.17) is 10.5 Å². The lowest BCUT2D eigenvalue weighted by atomic mass is 9.75. The van der Waals surface area contributed by atoms with Crippen molar-refractivity contribution in [1.82, 2.24) is 0 Å². The van der Waals surface area contributed by atoms with Gasteiger partial charge in [-0.25, -0.2) is 0 Å². The normalized spacial score (nSPS) is 14.2. The topological polar surface area (TPSA) is 55.5 Å². The minimum Gasteiger partial charge on any atom is -0.491 e. The molecule has 1 aromatic rings. The van der Waals surface area contributed by atoms with Crippen molar-refractivity contribution in [2.45, 2.75) is 58.5 Å². The minimum absolute atomic E-state index is 0.0210. The molecule has 0 spiro atoms. The van der Waals surface area contributed by atoms with Crippen LogP contribution in [0.3, 0.4) is 0 Å². The maximum Gasteiger partial charge on any atom is 0.123 e. The Hall–Kier alpha value is -1.06. The zero-order chi connectivity index (χ0) is 15.6. The Kier molecular flexibility index (Phi) is 5.22. The molecule has 0 aliphatic heterocycles. The number of benzene rings is 1. The first-order chi connectivity index (χ1) is 9.07. The van der Waals surface area contributed by atoms with Crippen molar-refractivity contribution in [3.8, 4) is 5.75 Å². The lowest BCUT2D eigenvalue weighted by molar-refractivity contribution is 0.113. The van der Waals surface area contributed by atoms with Gasteiger partial charge in [0, 0.05) is 12.1 Å². The third-order valence-corrected chi connectivity index (χ3v) is 3.29. The maximum absolute atomic E-state index is 9.59. The molecule has 0 fully saturated rings. The molecule has 3 nitrogen and oxygen atoms in total. The van der Waals surface area contributed by atoms with Gasteiger partial charge in [-0.3, -0.25) is 0 Å². The highest BCUT2D eigenvalue weighted by molar-refractivity contribution is 5.47. The van der Waals surface area contributed by atoms with Gasteiger partial charge in [-0.05, 0) is 22.5 Å². The average molecular weight is 279 g/mol. The summed E-state index contributed by atoms with van der Waals surface area (Å²) in [5.74, 6) is 0.845. The fraction of sp³-hybridized carbons (Fsp3) is 0.647. The fourth-order valence-electron chi connectivity index (χ4n) is 2.30. The SMILES string of the molecule is CC(C)(C)c1cccc(OCC(O)CN)c1C(C)(C)C. The number of nitrogens with two attached hydrogens (primary N) is 1. The van der Waals surface area contributed by atoms with Crippen LogP contribution < -0.4 is 10.5 Å². The van der Waals surface area contributed by atoms with Crippen molar-refractivity contribution in [2.75, 3.05) is 13.2 Å². The molecule has 1 atom stereocenters. The Bertz CT molecular complexity index is 441. The highest BCUT2D eigenvalue weighted by atomic mass is 16.5. The monoisotopic (exact) mass is 279 g/mol. The van der Waals surface area contributed by atoms with Crippen LogP contribution in [-0.2, 0) is 10.8 Å². The Labute approximate surface area is 123 Å². The number of hydrogen-bond acceptors (Lipinski definition) is 3. The standard InChI is InChI=1S/C17H29NO2/c1-16(2,3)13-8-7-9-14(15(13)17(4,5)6)20-11-12(19)10-18/h7-9,12,19H,10-11,18H2,1-6H3. The quantitative estimate of drug-likeness (QED) is 0.891. The minimum atomic E-state index is -0.624. The molecule has 1 aromatic carbocycles. The predicted molar refractivity (Wildman–Crippen MR) is 84.4 cm³/mol. The van der Waals surface area contributed by atoms with Gasteiger partial charge in [0.15, 0.2) is 0 Å². The highest BCUT2D eigenvalue weighted by Gasteiger charge is 2.28. The Balaban J connectivity index is 3.24. The van der Waals surface area contributed by atoms with Crippen LogP contribution in [0.15, 0.2) is 18.2 Å². The average Bonchev–Trinajstić information content (AvgIpc) is 2.33. The first-order valence-corrected chi connectivity index (χ1v) is 7.22. The zero-order valence-corrected chi connectivity index (χ0v) is 13.7. The van der Waals surface area contributed by atoms with Crippen LogP contribution in [-0.4, -0.2) is 24.4 Å². The summed E-state index contributed by atoms with van der Waals surface area (Å²) in [4.78, 5) is 0. The smallest absolute Gasteiger partial charge is 0.123 e. The predicted octanol–water partition coefficient (Wildman–Crippen LogP) is 2.98. The molecule has 0 bridgehead atoms. The Morgan fingerprint density at radius 1 is 1.10 bits per heavy atom. The number of aliphatic hydroxyl groups excluding tert-OH is 1. The van der Waals surface area contributed by atoms with Crippen LogP contribution in [0.1, 0.15) is 52.7 Å². The summed E-state index contributed by atoms with van der Waals surface area (Å²) >= 11 is 0. The molecule has 0 amide bonds. The van der Waals surface area contributed by atoms with Gasteiger partial charge in [0.05, 0.1) is 0 Å². The van der Waals surface area contributed by atoms with Crippen molar-refractivity contribution in [1.29, 1.82) is 0 Å². The molecule has 0 radical (unpaired) electrons. The second kappa shape index (κ2) is 6.15. The molecule has 3 N–H and O–H groups in total. The van der Waals surface area contributed by atoms with E-state index in [2.05, 4.69) is 47.6 Å². The molecule has 0 aliphatic rings. The van der Waals surface area contributed by atoms with Gasteiger partial charge in [-0.15, -0.1) is 0 Å². The largest absolute Gasteiger partial charge is 0.491 e. The summed E-state index contributed by atoms with van der Waals surface area (Å²) in [5.41, 5.74) is 7.95. The molecule has 114 valence electrons. The summed E-state index contributed by atoms with van der Waals surface area (Å²) < 4.78 is 5.82. The van der Waals surface area contributed by atoms with Crippen molar-refractivity contribution in [2.24, 2.45) is 5.73 Å². The summed E-state index contributed by atoms with van der Waals surface area (Å²) in [6, 6.07) is 6.14. The van der Waals surface area contributed by atoms with Crippen molar-refractivity contribution in [3.05, 3.63) is 29.3 Å². The lowest BCUT2D eigenvalue weighted by Gasteiger charge is -2.32. The highest BCUT2D eigenvalue weighted by Crippen LogP contribution is 2.39. The van der Waals surface area contributed by atoms with Gasteiger partial charge in [-0.1, -0.05) is 53.7 Å². The van der Waals surface area contributed by atoms with Gasteiger partial charge >= 0.3 is 0 Å². The maximum atomic E-state index is 9.59. The number of aliphatic hydroxyl groups is 1. The van der Waals surface area contributed by atoms with E-state index in [1.807, 2.05) is 12.1 Å². The van der Waals surface area contributed by atoms with E-state index in [-0.39, 0.29) is 24.0 Å². The molecular formula is C17H29NO2. The van der Waals surface area contributed by atoms with Crippen LogP contribution in [0.4, 0.5) is 0 Å². The van der Waals surface area contributed by atoms with Crippen LogP contribution in [0.5, 0.6) is 5.75 Å². The molecule has 20 heavy (non-hydrogen) atoms. The van der Waals surface area contributed by atoms with E-state index >= 15 is 0 Å². The lowest BCUT2D eigenvalue weighted by Crippen LogP contribution is -2.28. The second-order valence-electron chi connectivity index (χ2n) is 7.38. The van der Waals surface area contributed by atoms with Crippen molar-refractivity contribution in [3.63, 3.8) is 0 Å². The molecular weight excluding hydrogens is 250 g/mol. The zero-order valence-electron chi connectivity index (χ0n) is 13.7. The number of hydrogen-bond donors (Lipinski definition) is 2. The van der Waals surface area contributed by atoms with E-state index in [0.717, 1.165) is 5.75 Å². The third-order valence-electron chi connectivity index (χ3n) is 3.29. The van der Waals surface area contributed by atoms with E-state index in [1.54, 1.807) is 0 Å². The van der Waals surface area contributed by atoms with Crippen molar-refractivity contribution < 1.29 is 9.84 Å². The van der Waals surface area contributed by atoms with E-state index in [9.17, 15) is 5.11 Å². The number of ether oxygens (including phenoxy) is 1. The molecule has 0 aromatic heterocycles. The van der Waals surface area contributed by atoms with Gasteiger partial charge in [0.1, 0.15) is 18.5 Å². The number of rotatable bonds is 4. The molecule has 3 heteroatoms. The first-order valence-electron chi connectivity index (χ1n) is 7.22. The summed E-state index contributed by atoms with van der Waals surface area (Å²) in [5, 5.41) is 9.59. The van der Waals surface area contributed by atoms with E-state index in [1.165, 1.54) is 11.1 Å². The van der Waals surface area contributed by atoms with E-state index in [0.29, 0.717) is 0 Å². The fourth-order valence-corrected chi connectivity index (χ4v) is 2.30. The Morgan fingerprint density at radius 3 is 2.15 bits per heavy atom. The summed E-state index contributed by atoms with van der Waals surface area (Å²) in [7, 11) is 0.